The monoisotopic (exact) mass is 378 g/mol. The van der Waals surface area contributed by atoms with E-state index in [9.17, 15) is 8.42 Å². The first-order valence-electron chi connectivity index (χ1n) is 9.30. The van der Waals surface area contributed by atoms with Crippen molar-refractivity contribution in [3.63, 3.8) is 0 Å². The minimum absolute atomic E-state index is 0.226. The van der Waals surface area contributed by atoms with Gasteiger partial charge in [-0.3, -0.25) is 0 Å². The molecule has 1 aliphatic heterocycles. The largest absolute Gasteiger partial charge is 0.360 e. The van der Waals surface area contributed by atoms with E-state index in [4.69, 9.17) is 4.52 Å². The highest BCUT2D eigenvalue weighted by atomic mass is 32.2. The zero-order valence-corrected chi connectivity index (χ0v) is 16.4. The molecule has 7 nitrogen and oxygen atoms in total. The first kappa shape index (κ1) is 17.7. The molecule has 0 amide bonds. The Hall–Kier alpha value is -1.67. The Morgan fingerprint density at radius 2 is 1.96 bits per heavy atom. The lowest BCUT2D eigenvalue weighted by atomic mass is 10.0. The Bertz CT molecular complexity index is 892. The second-order valence-corrected chi connectivity index (χ2v) is 9.62. The van der Waals surface area contributed by atoms with Crippen molar-refractivity contribution < 1.29 is 12.9 Å². The lowest BCUT2D eigenvalue weighted by molar-refractivity contribution is 0.389. The van der Waals surface area contributed by atoms with Gasteiger partial charge in [0, 0.05) is 37.9 Å². The van der Waals surface area contributed by atoms with Crippen molar-refractivity contribution in [3.8, 4) is 0 Å². The van der Waals surface area contributed by atoms with Crippen molar-refractivity contribution in [2.24, 2.45) is 11.8 Å². The molecule has 0 spiro atoms. The fraction of sp³-hybridized carbons (Fsp3) is 0.667. The van der Waals surface area contributed by atoms with E-state index in [1.807, 2.05) is 6.20 Å². The van der Waals surface area contributed by atoms with E-state index in [-0.39, 0.29) is 4.90 Å². The molecule has 1 unspecified atom stereocenters. The maximum absolute atomic E-state index is 13.0. The quantitative estimate of drug-likeness (QED) is 0.771. The van der Waals surface area contributed by atoms with Crippen LogP contribution in [-0.2, 0) is 23.0 Å². The molecule has 1 aliphatic carbocycles. The van der Waals surface area contributed by atoms with Gasteiger partial charge in [-0.1, -0.05) is 5.16 Å². The second kappa shape index (κ2) is 6.49. The molecule has 26 heavy (non-hydrogen) atoms. The molecular formula is C18H26N4O3S. The average molecular weight is 378 g/mol. The van der Waals surface area contributed by atoms with Crippen molar-refractivity contribution in [3.05, 3.63) is 29.2 Å². The normalized spacial score (nSPS) is 21.6. The fourth-order valence-corrected chi connectivity index (χ4v) is 5.72. The summed E-state index contributed by atoms with van der Waals surface area (Å²) in [6.45, 7) is 7.55. The van der Waals surface area contributed by atoms with Gasteiger partial charge < -0.3 is 9.09 Å². The van der Waals surface area contributed by atoms with Crippen molar-refractivity contribution >= 4 is 10.0 Å². The van der Waals surface area contributed by atoms with Crippen LogP contribution in [0.2, 0.25) is 0 Å². The van der Waals surface area contributed by atoms with Crippen LogP contribution in [0.15, 0.2) is 15.6 Å². The number of aromatic nitrogens is 3. The first-order chi connectivity index (χ1) is 12.4. The van der Waals surface area contributed by atoms with Gasteiger partial charge in [-0.05, 0) is 51.9 Å². The van der Waals surface area contributed by atoms with Crippen molar-refractivity contribution in [2.75, 3.05) is 13.1 Å². The molecule has 3 heterocycles. The molecule has 2 aromatic heterocycles. The third-order valence-electron chi connectivity index (χ3n) is 5.56. The van der Waals surface area contributed by atoms with E-state index in [0.717, 1.165) is 31.1 Å². The molecule has 2 aromatic rings. The molecule has 1 saturated carbocycles. The molecule has 1 saturated heterocycles. The fourth-order valence-electron chi connectivity index (χ4n) is 3.89. The molecule has 0 N–H and O–H groups in total. The van der Waals surface area contributed by atoms with Crippen LogP contribution >= 0.6 is 0 Å². The van der Waals surface area contributed by atoms with Crippen LogP contribution < -0.4 is 0 Å². The van der Waals surface area contributed by atoms with E-state index in [2.05, 4.69) is 21.6 Å². The number of nitrogens with zero attached hydrogens (tertiary/aromatic N) is 4. The maximum atomic E-state index is 13.0. The van der Waals surface area contributed by atoms with Crippen molar-refractivity contribution in [1.82, 2.24) is 19.0 Å². The summed E-state index contributed by atoms with van der Waals surface area (Å²) >= 11 is 0. The second-order valence-electron chi connectivity index (χ2n) is 7.74. The lowest BCUT2D eigenvalue weighted by Gasteiger charge is -2.17. The molecule has 8 heteroatoms. The number of aryl methyl sites for hydroxylation is 3. The smallest absolute Gasteiger partial charge is 0.248 e. The van der Waals surface area contributed by atoms with Crippen LogP contribution in [0, 0.1) is 32.6 Å². The number of hydrogen-bond donors (Lipinski definition) is 0. The van der Waals surface area contributed by atoms with Crippen LogP contribution in [-0.4, -0.2) is 40.5 Å². The Labute approximate surface area is 154 Å². The summed E-state index contributed by atoms with van der Waals surface area (Å²) in [6, 6.07) is 0. The predicted molar refractivity (Wildman–Crippen MR) is 96.2 cm³/mol. The zero-order chi connectivity index (χ0) is 18.5. The molecular weight excluding hydrogens is 352 g/mol. The molecule has 2 fully saturated rings. The molecule has 0 bridgehead atoms. The minimum Gasteiger partial charge on any atom is -0.360 e. The summed E-state index contributed by atoms with van der Waals surface area (Å²) in [4.78, 5) is 4.82. The van der Waals surface area contributed by atoms with Crippen LogP contribution in [0.5, 0.6) is 0 Å². The number of sulfonamides is 1. The Balaban J connectivity index is 1.48. The van der Waals surface area contributed by atoms with Crippen LogP contribution in [0.4, 0.5) is 0 Å². The van der Waals surface area contributed by atoms with Gasteiger partial charge in [0.25, 0.3) is 0 Å². The average Bonchev–Trinajstić information content (AvgIpc) is 2.99. The molecule has 142 valence electrons. The van der Waals surface area contributed by atoms with Gasteiger partial charge in [0.05, 0.1) is 0 Å². The van der Waals surface area contributed by atoms with E-state index < -0.39 is 10.0 Å². The standard InChI is InChI=1S/C18H26N4O3S/c1-12-9-19-17(22(12)11-15-4-5-15)8-16-6-7-21(10-16)26(23,24)18-13(2)20-25-14(18)3/h9,15-16H,4-8,10-11H2,1-3H3. The summed E-state index contributed by atoms with van der Waals surface area (Å²) in [6.07, 6.45) is 6.24. The van der Waals surface area contributed by atoms with Crippen LogP contribution in [0.3, 0.4) is 0 Å². The lowest BCUT2D eigenvalue weighted by Crippen LogP contribution is -2.30. The van der Waals surface area contributed by atoms with E-state index in [1.165, 1.54) is 18.5 Å². The minimum atomic E-state index is -3.55. The van der Waals surface area contributed by atoms with Crippen LogP contribution in [0.25, 0.3) is 0 Å². The molecule has 4 rings (SSSR count). The third-order valence-corrected chi connectivity index (χ3v) is 7.67. The molecule has 1 atom stereocenters. The summed E-state index contributed by atoms with van der Waals surface area (Å²) in [5, 5.41) is 3.79. The van der Waals surface area contributed by atoms with Crippen LogP contribution in [0.1, 0.15) is 42.2 Å². The number of hydrogen-bond acceptors (Lipinski definition) is 5. The van der Waals surface area contributed by atoms with Crippen molar-refractivity contribution in [1.29, 1.82) is 0 Å². The highest BCUT2D eigenvalue weighted by Crippen LogP contribution is 2.33. The van der Waals surface area contributed by atoms with E-state index in [0.29, 0.717) is 30.5 Å². The topological polar surface area (TPSA) is 81.2 Å². The highest BCUT2D eigenvalue weighted by Gasteiger charge is 2.36. The Morgan fingerprint density at radius 1 is 1.19 bits per heavy atom. The first-order valence-corrected chi connectivity index (χ1v) is 10.7. The Kier molecular flexibility index (Phi) is 4.43. The third kappa shape index (κ3) is 3.20. The van der Waals surface area contributed by atoms with Gasteiger partial charge >= 0.3 is 0 Å². The maximum Gasteiger partial charge on any atom is 0.248 e. The molecule has 0 aromatic carbocycles. The summed E-state index contributed by atoms with van der Waals surface area (Å²) in [7, 11) is -3.55. The van der Waals surface area contributed by atoms with Crippen molar-refractivity contribution in [2.45, 2.75) is 57.9 Å². The number of rotatable bonds is 6. The van der Waals surface area contributed by atoms with Gasteiger partial charge in [0.15, 0.2) is 5.76 Å². The van der Waals surface area contributed by atoms with Gasteiger partial charge in [0.1, 0.15) is 16.4 Å². The van der Waals surface area contributed by atoms with Gasteiger partial charge in [-0.2, -0.15) is 4.31 Å². The summed E-state index contributed by atoms with van der Waals surface area (Å²) in [5.41, 5.74) is 1.63. The van der Waals surface area contributed by atoms with Gasteiger partial charge in [0.2, 0.25) is 10.0 Å². The van der Waals surface area contributed by atoms with Gasteiger partial charge in [-0.25, -0.2) is 13.4 Å². The highest BCUT2D eigenvalue weighted by molar-refractivity contribution is 7.89. The Morgan fingerprint density at radius 3 is 2.62 bits per heavy atom. The molecule has 2 aliphatic rings. The number of imidazole rings is 1. The van der Waals surface area contributed by atoms with Gasteiger partial charge in [-0.15, -0.1) is 0 Å². The predicted octanol–water partition coefficient (Wildman–Crippen LogP) is 2.46. The SMILES string of the molecule is Cc1noc(C)c1S(=O)(=O)N1CCC(Cc2ncc(C)n2CC2CC2)C1. The molecule has 0 radical (unpaired) electrons. The summed E-state index contributed by atoms with van der Waals surface area (Å²) < 4.78 is 34.9. The summed E-state index contributed by atoms with van der Waals surface area (Å²) in [5.74, 6) is 2.55. The van der Waals surface area contributed by atoms with E-state index in [1.54, 1.807) is 18.2 Å². The zero-order valence-electron chi connectivity index (χ0n) is 15.6. The van der Waals surface area contributed by atoms with E-state index >= 15 is 0 Å².